The molecule has 0 aliphatic carbocycles. The van der Waals surface area contributed by atoms with Crippen LogP contribution in [0.1, 0.15) is 31.1 Å². The third kappa shape index (κ3) is 5.33. The Balaban J connectivity index is 1.61. The molecule has 1 aromatic heterocycles. The molecule has 3 aromatic rings. The number of Topliss-reactive ketones (excluding diaryl/α,β-unsaturated/α-hetero) is 1. The van der Waals surface area contributed by atoms with Crippen molar-refractivity contribution in [3.63, 3.8) is 0 Å². The smallest absolute Gasteiger partial charge is 0.412 e. The number of amides is 1. The van der Waals surface area contributed by atoms with Crippen molar-refractivity contribution in [3.8, 4) is 0 Å². The number of nitrogens with zero attached hydrogens (tertiary/aromatic N) is 1. The first-order valence-electron chi connectivity index (χ1n) is 8.92. The number of hydrogen-bond acceptors (Lipinski definition) is 5. The van der Waals surface area contributed by atoms with Gasteiger partial charge in [-0.15, -0.1) is 11.8 Å². The zero-order valence-corrected chi connectivity index (χ0v) is 16.9. The highest BCUT2D eigenvalue weighted by Gasteiger charge is 2.16. The van der Waals surface area contributed by atoms with E-state index in [0.717, 1.165) is 15.8 Å². The van der Waals surface area contributed by atoms with E-state index >= 15 is 0 Å². The van der Waals surface area contributed by atoms with Crippen molar-refractivity contribution in [2.24, 2.45) is 0 Å². The normalized spacial score (nSPS) is 11.2. The van der Waals surface area contributed by atoms with E-state index in [1.54, 1.807) is 51.2 Å². The van der Waals surface area contributed by atoms with Crippen LogP contribution in [0, 0.1) is 0 Å². The van der Waals surface area contributed by atoms with Gasteiger partial charge in [-0.3, -0.25) is 15.1 Å². The van der Waals surface area contributed by atoms with Crippen molar-refractivity contribution in [2.45, 2.75) is 31.3 Å². The maximum Gasteiger partial charge on any atom is 0.412 e. The molecule has 0 fully saturated rings. The molecule has 0 atom stereocenters. The molecule has 0 spiro atoms. The molecule has 0 bridgehead atoms. The summed E-state index contributed by atoms with van der Waals surface area (Å²) >= 11 is 1.49. The molecule has 28 heavy (non-hydrogen) atoms. The van der Waals surface area contributed by atoms with Gasteiger partial charge < -0.3 is 4.74 Å². The Hall–Kier alpha value is -2.86. The highest BCUT2D eigenvalue weighted by molar-refractivity contribution is 8.00. The summed E-state index contributed by atoms with van der Waals surface area (Å²) in [6, 6.07) is 16.6. The Morgan fingerprint density at radius 2 is 1.75 bits per heavy atom. The number of thioether (sulfide) groups is 1. The van der Waals surface area contributed by atoms with E-state index in [1.165, 1.54) is 11.8 Å². The number of hydrogen-bond donors (Lipinski definition) is 1. The number of nitrogens with one attached hydrogen (secondary N) is 1. The maximum atomic E-state index is 12.5. The van der Waals surface area contributed by atoms with Crippen LogP contribution in [0.4, 0.5) is 10.5 Å². The Morgan fingerprint density at radius 1 is 1.04 bits per heavy atom. The first-order chi connectivity index (χ1) is 13.3. The molecule has 3 rings (SSSR count). The summed E-state index contributed by atoms with van der Waals surface area (Å²) in [5.74, 6) is 0.349. The summed E-state index contributed by atoms with van der Waals surface area (Å²) in [4.78, 5) is 29.7. The lowest BCUT2D eigenvalue weighted by Gasteiger charge is -2.19. The summed E-state index contributed by atoms with van der Waals surface area (Å²) in [7, 11) is 0. The summed E-state index contributed by atoms with van der Waals surface area (Å²) in [6.07, 6.45) is 1.23. The van der Waals surface area contributed by atoms with Gasteiger partial charge in [-0.25, -0.2) is 4.79 Å². The fourth-order valence-corrected chi connectivity index (χ4v) is 3.52. The summed E-state index contributed by atoms with van der Waals surface area (Å²) in [5.41, 5.74) is 1.53. The number of carbonyl (C=O) groups excluding carboxylic acids is 2. The molecule has 0 radical (unpaired) electrons. The molecule has 2 aromatic carbocycles. The van der Waals surface area contributed by atoms with E-state index in [9.17, 15) is 9.59 Å². The van der Waals surface area contributed by atoms with E-state index in [1.807, 2.05) is 30.3 Å². The largest absolute Gasteiger partial charge is 0.444 e. The molecule has 0 saturated heterocycles. The summed E-state index contributed by atoms with van der Waals surface area (Å²) in [6.45, 7) is 5.41. The second-order valence-electron chi connectivity index (χ2n) is 7.24. The average Bonchev–Trinajstić information content (AvgIpc) is 2.65. The number of carbonyl (C=O) groups is 2. The van der Waals surface area contributed by atoms with E-state index in [2.05, 4.69) is 10.3 Å². The number of pyridine rings is 1. The lowest BCUT2D eigenvalue weighted by atomic mass is 10.1. The predicted octanol–water partition coefficient (Wildman–Crippen LogP) is 5.56. The lowest BCUT2D eigenvalue weighted by Crippen LogP contribution is -2.27. The van der Waals surface area contributed by atoms with Gasteiger partial charge in [0.15, 0.2) is 5.78 Å². The first kappa shape index (κ1) is 19.9. The van der Waals surface area contributed by atoms with Crippen molar-refractivity contribution >= 4 is 40.2 Å². The number of ether oxygens (including phenoxy) is 1. The van der Waals surface area contributed by atoms with Crippen LogP contribution in [-0.2, 0) is 4.74 Å². The number of fused-ring (bicyclic) bond motifs is 1. The van der Waals surface area contributed by atoms with Crippen molar-refractivity contribution < 1.29 is 14.3 Å². The molecule has 1 heterocycles. The van der Waals surface area contributed by atoms with Gasteiger partial charge in [0, 0.05) is 27.7 Å². The molecule has 1 N–H and O–H groups in total. The van der Waals surface area contributed by atoms with Gasteiger partial charge in [-0.1, -0.05) is 18.2 Å². The minimum atomic E-state index is -0.561. The van der Waals surface area contributed by atoms with Gasteiger partial charge in [-0.2, -0.15) is 0 Å². The molecule has 0 aliphatic heterocycles. The van der Waals surface area contributed by atoms with E-state index in [4.69, 9.17) is 4.74 Å². The quantitative estimate of drug-likeness (QED) is 0.453. The number of benzene rings is 2. The minimum Gasteiger partial charge on any atom is -0.444 e. The van der Waals surface area contributed by atoms with Gasteiger partial charge in [0.25, 0.3) is 0 Å². The molecule has 0 unspecified atom stereocenters. The van der Waals surface area contributed by atoms with Crippen LogP contribution in [0.15, 0.2) is 65.7 Å². The molecule has 0 saturated carbocycles. The topological polar surface area (TPSA) is 68.3 Å². The predicted molar refractivity (Wildman–Crippen MR) is 113 cm³/mol. The lowest BCUT2D eigenvalue weighted by molar-refractivity contribution is 0.0636. The standard InChI is InChI=1S/C22H22N2O3S/c1-22(2,3)27-21(26)24-16-10-8-15(9-11-16)19(25)14-28-20-12-13-23-18-7-5-4-6-17(18)20/h4-13H,14H2,1-3H3,(H,24,26). The Morgan fingerprint density at radius 3 is 2.46 bits per heavy atom. The van der Waals surface area contributed by atoms with Crippen molar-refractivity contribution in [2.75, 3.05) is 11.1 Å². The fraction of sp³-hybridized carbons (Fsp3) is 0.227. The molecular formula is C22H22N2O3S. The number of rotatable bonds is 5. The van der Waals surface area contributed by atoms with Crippen LogP contribution >= 0.6 is 11.8 Å². The highest BCUT2D eigenvalue weighted by Crippen LogP contribution is 2.27. The van der Waals surface area contributed by atoms with Gasteiger partial charge in [-0.05, 0) is 57.2 Å². The van der Waals surface area contributed by atoms with Gasteiger partial charge in [0.1, 0.15) is 5.60 Å². The fourth-order valence-electron chi connectivity index (χ4n) is 2.58. The van der Waals surface area contributed by atoms with Crippen LogP contribution in [0.3, 0.4) is 0 Å². The summed E-state index contributed by atoms with van der Waals surface area (Å²) < 4.78 is 5.22. The number of para-hydroxylation sites is 1. The van der Waals surface area contributed by atoms with Crippen molar-refractivity contribution in [1.82, 2.24) is 4.98 Å². The van der Waals surface area contributed by atoms with Crippen LogP contribution in [0.5, 0.6) is 0 Å². The average molecular weight is 394 g/mol. The molecular weight excluding hydrogens is 372 g/mol. The second kappa shape index (κ2) is 8.44. The molecule has 1 amide bonds. The molecule has 5 nitrogen and oxygen atoms in total. The Labute approximate surface area is 168 Å². The van der Waals surface area contributed by atoms with Crippen LogP contribution in [0.25, 0.3) is 10.9 Å². The van der Waals surface area contributed by atoms with Crippen LogP contribution in [-0.4, -0.2) is 28.2 Å². The van der Waals surface area contributed by atoms with Crippen LogP contribution in [0.2, 0.25) is 0 Å². The van der Waals surface area contributed by atoms with Gasteiger partial charge >= 0.3 is 6.09 Å². The number of anilines is 1. The Bertz CT molecular complexity index is 989. The second-order valence-corrected chi connectivity index (χ2v) is 8.26. The van der Waals surface area contributed by atoms with E-state index in [0.29, 0.717) is 17.0 Å². The SMILES string of the molecule is CC(C)(C)OC(=O)Nc1ccc(C(=O)CSc2ccnc3ccccc23)cc1. The van der Waals surface area contributed by atoms with Crippen molar-refractivity contribution in [1.29, 1.82) is 0 Å². The minimum absolute atomic E-state index is 0.0229. The first-order valence-corrected chi connectivity index (χ1v) is 9.90. The zero-order chi connectivity index (χ0) is 20.1. The third-order valence-electron chi connectivity index (χ3n) is 3.82. The van der Waals surface area contributed by atoms with Gasteiger partial charge in [0.05, 0.1) is 11.3 Å². The summed E-state index contributed by atoms with van der Waals surface area (Å²) in [5, 5.41) is 3.70. The third-order valence-corrected chi connectivity index (χ3v) is 4.89. The Kier molecular flexibility index (Phi) is 5.99. The highest BCUT2D eigenvalue weighted by atomic mass is 32.2. The zero-order valence-electron chi connectivity index (χ0n) is 16.1. The maximum absolute atomic E-state index is 12.5. The molecule has 144 valence electrons. The van der Waals surface area contributed by atoms with Crippen molar-refractivity contribution in [3.05, 3.63) is 66.4 Å². The number of aromatic nitrogens is 1. The molecule has 6 heteroatoms. The molecule has 0 aliphatic rings. The van der Waals surface area contributed by atoms with Gasteiger partial charge in [0.2, 0.25) is 0 Å². The van der Waals surface area contributed by atoms with E-state index in [-0.39, 0.29) is 5.78 Å². The van der Waals surface area contributed by atoms with Crippen LogP contribution < -0.4 is 5.32 Å². The monoisotopic (exact) mass is 394 g/mol. The van der Waals surface area contributed by atoms with E-state index < -0.39 is 11.7 Å². The number of ketones is 1.